The number of rotatable bonds is 4. The van der Waals surface area contributed by atoms with Crippen molar-refractivity contribution in [3.05, 3.63) is 28.8 Å². The maximum atomic E-state index is 10.9. The van der Waals surface area contributed by atoms with Gasteiger partial charge in [-0.05, 0) is 31.5 Å². The Morgan fingerprint density at radius 2 is 2.12 bits per heavy atom. The van der Waals surface area contributed by atoms with Crippen molar-refractivity contribution in [1.29, 1.82) is 0 Å². The molecule has 0 aliphatic rings. The van der Waals surface area contributed by atoms with E-state index in [0.29, 0.717) is 10.8 Å². The lowest BCUT2D eigenvalue weighted by atomic mass is 10.2. The zero-order valence-electron chi connectivity index (χ0n) is 9.51. The fourth-order valence-corrected chi connectivity index (χ4v) is 2.69. The van der Waals surface area contributed by atoms with Gasteiger partial charge in [0, 0.05) is 0 Å². The van der Waals surface area contributed by atoms with Gasteiger partial charge in [0.25, 0.3) is 0 Å². The number of ketones is 1. The summed E-state index contributed by atoms with van der Waals surface area (Å²) in [6, 6.07) is 5.82. The lowest BCUT2D eigenvalue weighted by Crippen LogP contribution is -3.00. The highest BCUT2D eigenvalue weighted by Crippen LogP contribution is 2.23. The number of halogens is 2. The first-order chi connectivity index (χ1) is 6.99. The summed E-state index contributed by atoms with van der Waals surface area (Å²) < 4.78 is 3.26. The van der Waals surface area contributed by atoms with E-state index in [1.165, 1.54) is 0 Å². The third-order valence-corrected chi connectivity index (χ3v) is 3.56. The van der Waals surface area contributed by atoms with Gasteiger partial charge in [-0.25, -0.2) is 4.72 Å². The van der Waals surface area contributed by atoms with Gasteiger partial charge in [0.15, 0.2) is 11.5 Å². The minimum Gasteiger partial charge on any atom is -1.00 e. The Morgan fingerprint density at radius 3 is 2.69 bits per heavy atom. The average molecular weight is 280 g/mol. The Bertz CT molecular complexity index is 371. The zero-order valence-corrected chi connectivity index (χ0v) is 11.8. The molecule has 0 saturated carbocycles. The molecule has 0 heterocycles. The highest BCUT2D eigenvalue weighted by atomic mass is 35.5. The fourth-order valence-electron chi connectivity index (χ4n) is 1.25. The summed E-state index contributed by atoms with van der Waals surface area (Å²) in [6.07, 6.45) is 2.00. The highest BCUT2D eigenvalue weighted by Gasteiger charge is 2.15. The smallest absolute Gasteiger partial charge is 0.190 e. The van der Waals surface area contributed by atoms with Crippen molar-refractivity contribution in [3.63, 3.8) is 0 Å². The molecule has 0 aromatic heterocycles. The Hall–Kier alpha value is -0.380. The SMILES string of the molecule is CC(=O)C[S+](C)Nc1cc(C)ccc1Cl.[Cl-]. The standard InChI is InChI=1S/C11H15ClNOS.ClH/c1-8-4-5-10(12)11(6-8)13-15(3)7-9(2)14;/h4-6,13H,7H2,1-3H3;1H/q+1;/p-1. The van der Waals surface area contributed by atoms with Crippen LogP contribution in [0.5, 0.6) is 0 Å². The quantitative estimate of drug-likeness (QED) is 0.775. The van der Waals surface area contributed by atoms with Crippen LogP contribution in [0.2, 0.25) is 5.02 Å². The summed E-state index contributed by atoms with van der Waals surface area (Å²) in [5.41, 5.74) is 2.06. The number of Topliss-reactive ketones (excluding diaryl/α,β-unsaturated/α-hetero) is 1. The molecule has 1 rings (SSSR count). The molecular weight excluding hydrogens is 265 g/mol. The molecule has 2 nitrogen and oxygen atoms in total. The molecule has 1 N–H and O–H groups in total. The van der Waals surface area contributed by atoms with E-state index in [9.17, 15) is 4.79 Å². The number of hydrogen-bond acceptors (Lipinski definition) is 2. The van der Waals surface area contributed by atoms with E-state index in [-0.39, 0.29) is 29.3 Å². The third kappa shape index (κ3) is 5.10. The van der Waals surface area contributed by atoms with Gasteiger partial charge in [-0.1, -0.05) is 17.7 Å². The second kappa shape index (κ2) is 7.05. The molecule has 90 valence electrons. The first-order valence-electron chi connectivity index (χ1n) is 4.64. The van der Waals surface area contributed by atoms with Crippen molar-refractivity contribution in [2.75, 3.05) is 16.7 Å². The van der Waals surface area contributed by atoms with Crippen molar-refractivity contribution in [1.82, 2.24) is 0 Å². The molecule has 1 unspecified atom stereocenters. The summed E-state index contributed by atoms with van der Waals surface area (Å²) in [5, 5.41) is 0.698. The van der Waals surface area contributed by atoms with Crippen molar-refractivity contribution in [2.45, 2.75) is 13.8 Å². The van der Waals surface area contributed by atoms with Crippen LogP contribution in [0.1, 0.15) is 12.5 Å². The predicted molar refractivity (Wildman–Crippen MR) is 68.6 cm³/mol. The van der Waals surface area contributed by atoms with Crippen LogP contribution in [0, 0.1) is 6.92 Å². The number of hydrogen-bond donors (Lipinski definition) is 1. The van der Waals surface area contributed by atoms with E-state index in [0.717, 1.165) is 11.3 Å². The highest BCUT2D eigenvalue weighted by molar-refractivity contribution is 7.98. The van der Waals surface area contributed by atoms with Gasteiger partial charge in [0.1, 0.15) is 23.0 Å². The minimum atomic E-state index is -0.154. The molecule has 0 radical (unpaired) electrons. The second-order valence-electron chi connectivity index (χ2n) is 3.57. The molecule has 0 spiro atoms. The monoisotopic (exact) mass is 279 g/mol. The molecule has 5 heteroatoms. The lowest BCUT2D eigenvalue weighted by Gasteiger charge is -2.07. The van der Waals surface area contributed by atoms with E-state index in [1.54, 1.807) is 6.92 Å². The lowest BCUT2D eigenvalue weighted by molar-refractivity contribution is -0.114. The Balaban J connectivity index is 0.00000225. The normalized spacial score (nSPS) is 11.5. The topological polar surface area (TPSA) is 29.1 Å². The van der Waals surface area contributed by atoms with Crippen LogP contribution < -0.4 is 17.1 Å². The van der Waals surface area contributed by atoms with Crippen LogP contribution in [-0.4, -0.2) is 17.8 Å². The van der Waals surface area contributed by atoms with E-state index < -0.39 is 0 Å². The molecule has 0 saturated heterocycles. The van der Waals surface area contributed by atoms with E-state index >= 15 is 0 Å². The number of aryl methyl sites for hydroxylation is 1. The molecule has 1 aromatic rings. The van der Waals surface area contributed by atoms with Crippen molar-refractivity contribution < 1.29 is 17.2 Å². The van der Waals surface area contributed by atoms with Crippen LogP contribution in [0.25, 0.3) is 0 Å². The van der Waals surface area contributed by atoms with E-state index in [2.05, 4.69) is 4.72 Å². The minimum absolute atomic E-state index is 0. The third-order valence-electron chi connectivity index (χ3n) is 1.83. The summed E-state index contributed by atoms with van der Waals surface area (Å²) in [7, 11) is 0. The second-order valence-corrected chi connectivity index (χ2v) is 5.74. The molecule has 0 amide bonds. The van der Waals surface area contributed by atoms with Gasteiger partial charge >= 0.3 is 0 Å². The molecule has 0 aliphatic carbocycles. The fraction of sp³-hybridized carbons (Fsp3) is 0.364. The summed E-state index contributed by atoms with van der Waals surface area (Å²) in [5.74, 6) is 0.738. The largest absolute Gasteiger partial charge is 1.00 e. The molecule has 16 heavy (non-hydrogen) atoms. The van der Waals surface area contributed by atoms with Crippen molar-refractivity contribution in [2.24, 2.45) is 0 Å². The number of nitrogens with one attached hydrogen (secondary N) is 1. The van der Waals surface area contributed by atoms with Gasteiger partial charge in [-0.3, -0.25) is 4.79 Å². The van der Waals surface area contributed by atoms with Crippen LogP contribution in [0.15, 0.2) is 18.2 Å². The molecule has 0 fully saturated rings. The number of anilines is 1. The van der Waals surface area contributed by atoms with Crippen LogP contribution in [0.4, 0.5) is 5.69 Å². The van der Waals surface area contributed by atoms with Gasteiger partial charge in [0.2, 0.25) is 0 Å². The Morgan fingerprint density at radius 1 is 1.50 bits per heavy atom. The van der Waals surface area contributed by atoms with E-state index in [1.807, 2.05) is 31.4 Å². The maximum Gasteiger partial charge on any atom is 0.190 e. The first kappa shape index (κ1) is 15.6. The maximum absolute atomic E-state index is 10.9. The summed E-state index contributed by atoms with van der Waals surface area (Å²) in [4.78, 5) is 10.9. The Kier molecular flexibility index (Phi) is 6.88. The zero-order chi connectivity index (χ0) is 11.4. The molecule has 0 aliphatic heterocycles. The van der Waals surface area contributed by atoms with Crippen molar-refractivity contribution in [3.8, 4) is 0 Å². The van der Waals surface area contributed by atoms with Crippen molar-refractivity contribution >= 4 is 34.2 Å². The van der Waals surface area contributed by atoms with Crippen LogP contribution >= 0.6 is 11.6 Å². The predicted octanol–water partition coefficient (Wildman–Crippen LogP) is -0.184. The molecular formula is C11H15Cl2NOS. The number of benzene rings is 1. The van der Waals surface area contributed by atoms with Gasteiger partial charge in [-0.2, -0.15) is 0 Å². The average Bonchev–Trinajstić information content (AvgIpc) is 2.10. The first-order valence-corrected chi connectivity index (χ1v) is 6.82. The summed E-state index contributed by atoms with van der Waals surface area (Å²) in [6.45, 7) is 3.61. The van der Waals surface area contributed by atoms with Crippen LogP contribution in [0.3, 0.4) is 0 Å². The van der Waals surface area contributed by atoms with Gasteiger partial charge < -0.3 is 12.4 Å². The molecule has 1 atom stereocenters. The van der Waals surface area contributed by atoms with E-state index in [4.69, 9.17) is 11.6 Å². The van der Waals surface area contributed by atoms with Gasteiger partial charge in [0.05, 0.1) is 5.02 Å². The van der Waals surface area contributed by atoms with Crippen LogP contribution in [-0.2, 0) is 15.9 Å². The Labute approximate surface area is 111 Å². The molecule has 0 bridgehead atoms. The van der Waals surface area contributed by atoms with Gasteiger partial charge in [-0.15, -0.1) is 0 Å². The molecule has 1 aromatic carbocycles. The summed E-state index contributed by atoms with van der Waals surface area (Å²) >= 11 is 5.88. The number of carbonyl (C=O) groups excluding carboxylic acids is 1. The number of carbonyl (C=O) groups is 1.